The fourth-order valence-electron chi connectivity index (χ4n) is 2.47. The van der Waals surface area contributed by atoms with E-state index >= 15 is 0 Å². The molecule has 0 aliphatic heterocycles. The summed E-state index contributed by atoms with van der Waals surface area (Å²) in [5, 5.41) is 5.23. The maximum absolute atomic E-state index is 12.0. The van der Waals surface area contributed by atoms with Gasteiger partial charge in [-0.1, -0.05) is 19.8 Å². The molecule has 0 aromatic carbocycles. The quantitative estimate of drug-likeness (QED) is 0.861. The molecule has 0 fully saturated rings. The van der Waals surface area contributed by atoms with E-state index < -0.39 is 0 Å². The molecule has 1 aromatic rings. The van der Waals surface area contributed by atoms with E-state index in [1.54, 1.807) is 11.3 Å². The van der Waals surface area contributed by atoms with Gasteiger partial charge in [0.2, 0.25) is 5.91 Å². The molecule has 1 aromatic heterocycles. The van der Waals surface area contributed by atoms with E-state index in [9.17, 15) is 4.79 Å². The molecule has 0 bridgehead atoms. The minimum atomic E-state index is -0.353. The van der Waals surface area contributed by atoms with E-state index in [0.29, 0.717) is 0 Å². The molecule has 1 aliphatic carbocycles. The fraction of sp³-hybridized carbons (Fsp3) is 0.643. The molecule has 1 amide bonds. The lowest BCUT2D eigenvalue weighted by molar-refractivity contribution is -0.123. The van der Waals surface area contributed by atoms with Gasteiger partial charge in [-0.2, -0.15) is 0 Å². The second-order valence-electron chi connectivity index (χ2n) is 5.00. The van der Waals surface area contributed by atoms with Crippen molar-refractivity contribution < 1.29 is 4.79 Å². The molecule has 0 radical (unpaired) electrons. The Kier molecular flexibility index (Phi) is 4.78. The van der Waals surface area contributed by atoms with Crippen LogP contribution < -0.4 is 11.1 Å². The van der Waals surface area contributed by atoms with Gasteiger partial charge in [-0.15, -0.1) is 11.3 Å². The van der Waals surface area contributed by atoms with E-state index in [2.05, 4.69) is 23.7 Å². The van der Waals surface area contributed by atoms with Gasteiger partial charge < -0.3 is 11.1 Å². The first-order chi connectivity index (χ1) is 8.72. The summed E-state index contributed by atoms with van der Waals surface area (Å²) in [6.45, 7) is 2.11. The molecule has 1 heterocycles. The van der Waals surface area contributed by atoms with Gasteiger partial charge in [-0.3, -0.25) is 4.79 Å². The monoisotopic (exact) mass is 266 g/mol. The number of aryl methyl sites for hydroxylation is 1. The van der Waals surface area contributed by atoms with Gasteiger partial charge in [0.15, 0.2) is 0 Å². The third-order valence-electron chi connectivity index (χ3n) is 3.57. The van der Waals surface area contributed by atoms with Crippen LogP contribution in [0.4, 0.5) is 0 Å². The number of hydrogen-bond donors (Lipinski definition) is 2. The number of carbonyl (C=O) groups is 1. The molecule has 1 aliphatic rings. The van der Waals surface area contributed by atoms with Crippen molar-refractivity contribution in [2.24, 2.45) is 5.73 Å². The zero-order valence-electron chi connectivity index (χ0n) is 10.9. The van der Waals surface area contributed by atoms with Crippen LogP contribution in [0.15, 0.2) is 11.4 Å². The van der Waals surface area contributed by atoms with Crippen LogP contribution in [0.5, 0.6) is 0 Å². The number of hydrogen-bond acceptors (Lipinski definition) is 3. The van der Waals surface area contributed by atoms with Crippen molar-refractivity contribution in [2.45, 2.75) is 57.5 Å². The number of carbonyl (C=O) groups excluding carboxylic acids is 1. The average molecular weight is 266 g/mol. The molecule has 2 atom stereocenters. The number of amides is 1. The molecule has 3 nitrogen and oxygen atoms in total. The summed E-state index contributed by atoms with van der Waals surface area (Å²) in [5.74, 6) is 0.00694. The van der Waals surface area contributed by atoms with Crippen molar-refractivity contribution in [1.29, 1.82) is 0 Å². The van der Waals surface area contributed by atoms with Crippen LogP contribution >= 0.6 is 11.3 Å². The third kappa shape index (κ3) is 3.12. The predicted molar refractivity (Wildman–Crippen MR) is 75.6 cm³/mol. The average Bonchev–Trinajstić information content (AvgIpc) is 2.85. The highest BCUT2D eigenvalue weighted by Crippen LogP contribution is 2.33. The SMILES string of the molecule is CCCC[C@H](N)C(=O)NC1CCCc2sccc21. The molecular formula is C14H22N2OS. The Balaban J connectivity index is 1.93. The largest absolute Gasteiger partial charge is 0.348 e. The summed E-state index contributed by atoms with van der Waals surface area (Å²) in [4.78, 5) is 13.4. The van der Waals surface area contributed by atoms with E-state index in [0.717, 1.165) is 38.5 Å². The van der Waals surface area contributed by atoms with Crippen molar-refractivity contribution in [1.82, 2.24) is 5.32 Å². The van der Waals surface area contributed by atoms with Gasteiger partial charge in [0, 0.05) is 4.88 Å². The second-order valence-corrected chi connectivity index (χ2v) is 6.00. The van der Waals surface area contributed by atoms with Crippen molar-refractivity contribution in [2.75, 3.05) is 0 Å². The normalized spacial score (nSPS) is 20.2. The molecule has 0 saturated heterocycles. The molecule has 4 heteroatoms. The Bertz CT molecular complexity index is 402. The maximum Gasteiger partial charge on any atom is 0.237 e. The standard InChI is InChI=1S/C14H22N2OS/c1-2-3-5-11(15)14(17)16-12-6-4-7-13-10(12)8-9-18-13/h8-9,11-12H,2-7,15H2,1H3,(H,16,17)/t11-,12?/m0/s1. The van der Waals surface area contributed by atoms with Gasteiger partial charge in [0.1, 0.15) is 0 Å². The van der Waals surface area contributed by atoms with E-state index in [1.807, 2.05) is 0 Å². The highest BCUT2D eigenvalue weighted by Gasteiger charge is 2.24. The van der Waals surface area contributed by atoms with Gasteiger partial charge in [0.05, 0.1) is 12.1 Å². The Hall–Kier alpha value is -0.870. The lowest BCUT2D eigenvalue weighted by Crippen LogP contribution is -2.42. The van der Waals surface area contributed by atoms with Crippen molar-refractivity contribution in [3.05, 3.63) is 21.9 Å². The molecule has 1 unspecified atom stereocenters. The molecule has 2 rings (SSSR count). The number of thiophene rings is 1. The molecular weight excluding hydrogens is 244 g/mol. The van der Waals surface area contributed by atoms with Gasteiger partial charge >= 0.3 is 0 Å². The zero-order chi connectivity index (χ0) is 13.0. The van der Waals surface area contributed by atoms with Crippen LogP contribution in [-0.4, -0.2) is 11.9 Å². The second kappa shape index (κ2) is 6.34. The van der Waals surface area contributed by atoms with E-state index in [1.165, 1.54) is 10.4 Å². The highest BCUT2D eigenvalue weighted by molar-refractivity contribution is 7.10. The van der Waals surface area contributed by atoms with Crippen molar-refractivity contribution in [3.63, 3.8) is 0 Å². The van der Waals surface area contributed by atoms with Crippen molar-refractivity contribution >= 4 is 17.2 Å². The first-order valence-corrected chi connectivity index (χ1v) is 7.72. The van der Waals surface area contributed by atoms with Gasteiger partial charge in [0.25, 0.3) is 0 Å². The number of fused-ring (bicyclic) bond motifs is 1. The van der Waals surface area contributed by atoms with Crippen LogP contribution in [0.25, 0.3) is 0 Å². The van der Waals surface area contributed by atoms with Crippen LogP contribution in [0.2, 0.25) is 0 Å². The maximum atomic E-state index is 12.0. The Labute approximate surface area is 113 Å². The first kappa shape index (κ1) is 13.6. The third-order valence-corrected chi connectivity index (χ3v) is 4.57. The van der Waals surface area contributed by atoms with Gasteiger partial charge in [-0.25, -0.2) is 0 Å². The molecule has 0 saturated carbocycles. The number of nitrogens with two attached hydrogens (primary N) is 1. The van der Waals surface area contributed by atoms with E-state index in [4.69, 9.17) is 5.73 Å². The Morgan fingerprint density at radius 3 is 3.28 bits per heavy atom. The summed E-state index contributed by atoms with van der Waals surface area (Å²) in [6, 6.07) is 1.97. The predicted octanol–water partition coefficient (Wildman–Crippen LogP) is 2.76. The number of unbranched alkanes of at least 4 members (excludes halogenated alkanes) is 1. The topological polar surface area (TPSA) is 55.1 Å². The summed E-state index contributed by atoms with van der Waals surface area (Å²) in [5.41, 5.74) is 7.21. The minimum Gasteiger partial charge on any atom is -0.348 e. The van der Waals surface area contributed by atoms with Crippen LogP contribution in [0, 0.1) is 0 Å². The lowest BCUT2D eigenvalue weighted by Gasteiger charge is -2.25. The Morgan fingerprint density at radius 1 is 1.67 bits per heavy atom. The minimum absolute atomic E-state index is 0.00694. The number of nitrogens with one attached hydrogen (secondary N) is 1. The summed E-state index contributed by atoms with van der Waals surface area (Å²) < 4.78 is 0. The highest BCUT2D eigenvalue weighted by atomic mass is 32.1. The zero-order valence-corrected chi connectivity index (χ0v) is 11.8. The first-order valence-electron chi connectivity index (χ1n) is 6.84. The number of rotatable bonds is 5. The van der Waals surface area contributed by atoms with Crippen molar-refractivity contribution in [3.8, 4) is 0 Å². The molecule has 3 N–H and O–H groups in total. The summed E-state index contributed by atoms with van der Waals surface area (Å²) in [7, 11) is 0. The Morgan fingerprint density at radius 2 is 2.50 bits per heavy atom. The summed E-state index contributed by atoms with van der Waals surface area (Å²) >= 11 is 1.80. The van der Waals surface area contributed by atoms with Crippen LogP contribution in [0.3, 0.4) is 0 Å². The molecule has 100 valence electrons. The fourth-order valence-corrected chi connectivity index (χ4v) is 3.46. The van der Waals surface area contributed by atoms with E-state index in [-0.39, 0.29) is 18.0 Å². The molecule has 0 spiro atoms. The summed E-state index contributed by atoms with van der Waals surface area (Å²) in [6.07, 6.45) is 6.23. The smallest absolute Gasteiger partial charge is 0.237 e. The molecule has 18 heavy (non-hydrogen) atoms. The van der Waals surface area contributed by atoms with Crippen LogP contribution in [-0.2, 0) is 11.2 Å². The van der Waals surface area contributed by atoms with Crippen LogP contribution in [0.1, 0.15) is 55.5 Å². The van der Waals surface area contributed by atoms with Gasteiger partial charge in [-0.05, 0) is 42.7 Å². The lowest BCUT2D eigenvalue weighted by atomic mass is 9.93.